The molecule has 3 aromatic heterocycles. The molecule has 11 aromatic rings. The van der Waals surface area contributed by atoms with E-state index in [9.17, 15) is 0 Å². The average Bonchev–Trinajstić information content (AvgIpc) is 3.81. The second kappa shape index (κ2) is 14.2. The molecule has 60 heavy (non-hydrogen) atoms. The zero-order valence-corrected chi connectivity index (χ0v) is 34.7. The zero-order valence-electron chi connectivity index (χ0n) is 33.7. The van der Waals surface area contributed by atoms with Crippen LogP contribution in [0, 0.1) is 0 Å². The van der Waals surface area contributed by atoms with E-state index in [1.54, 1.807) is 0 Å². The number of para-hydroxylation sites is 2. The Labute approximate surface area is 349 Å². The number of rotatable bonds is 7. The maximum absolute atomic E-state index is 5.05. The Morgan fingerprint density at radius 1 is 0.317 bits per heavy atom. The van der Waals surface area contributed by atoms with E-state index >= 15 is 0 Å². The van der Waals surface area contributed by atoms with Gasteiger partial charge in [0.2, 0.25) is 0 Å². The molecule has 0 amide bonds. The van der Waals surface area contributed by atoms with Crippen LogP contribution in [0.15, 0.2) is 194 Å². The second-order valence-corrected chi connectivity index (χ2v) is 21.6. The summed E-state index contributed by atoms with van der Waals surface area (Å²) < 4.78 is 4.81. The van der Waals surface area contributed by atoms with Gasteiger partial charge in [-0.1, -0.05) is 170 Å². The molecule has 0 N–H and O–H groups in total. The van der Waals surface area contributed by atoms with Crippen molar-refractivity contribution >= 4 is 56.9 Å². The summed E-state index contributed by atoms with van der Waals surface area (Å²) in [7, 11) is -1.44. The minimum absolute atomic E-state index is 0.629. The third kappa shape index (κ3) is 6.12. The fourth-order valence-electron chi connectivity index (χ4n) is 8.69. The van der Waals surface area contributed by atoms with Crippen molar-refractivity contribution in [2.45, 2.75) is 19.6 Å². The van der Waals surface area contributed by atoms with Crippen molar-refractivity contribution in [2.75, 3.05) is 0 Å². The highest BCUT2D eigenvalue weighted by Crippen LogP contribution is 2.38. The quantitative estimate of drug-likeness (QED) is 0.151. The first kappa shape index (κ1) is 35.7. The van der Waals surface area contributed by atoms with Crippen LogP contribution in [0.3, 0.4) is 0 Å². The normalized spacial score (nSPS) is 11.9. The van der Waals surface area contributed by atoms with E-state index in [-0.39, 0.29) is 0 Å². The second-order valence-electron chi connectivity index (χ2n) is 16.6. The first-order valence-electron chi connectivity index (χ1n) is 20.5. The predicted octanol–water partition coefficient (Wildman–Crippen LogP) is 13.3. The Balaban J connectivity index is 1.07. The van der Waals surface area contributed by atoms with Crippen molar-refractivity contribution in [3.8, 4) is 56.7 Å². The Hall–Kier alpha value is -7.41. The Kier molecular flexibility index (Phi) is 8.43. The summed E-state index contributed by atoms with van der Waals surface area (Å²) in [5.41, 5.74) is 12.1. The van der Waals surface area contributed by atoms with Gasteiger partial charge in [0.05, 0.1) is 30.1 Å². The number of fused-ring (bicyclic) bond motifs is 6. The van der Waals surface area contributed by atoms with Crippen LogP contribution in [0.2, 0.25) is 19.6 Å². The molecule has 8 aromatic carbocycles. The summed E-state index contributed by atoms with van der Waals surface area (Å²) in [5, 5.41) is 6.38. The fourth-order valence-corrected chi connectivity index (χ4v) is 9.86. The largest absolute Gasteiger partial charge is 0.309 e. The molecule has 286 valence electrons. The van der Waals surface area contributed by atoms with Crippen LogP contribution < -0.4 is 5.19 Å². The first-order valence-corrected chi connectivity index (χ1v) is 24.0. The van der Waals surface area contributed by atoms with Gasteiger partial charge < -0.3 is 9.13 Å². The molecule has 0 bridgehead atoms. The molecule has 6 heteroatoms. The highest BCUT2D eigenvalue weighted by atomic mass is 28.3. The summed E-state index contributed by atoms with van der Waals surface area (Å²) in [6.07, 6.45) is 0. The summed E-state index contributed by atoms with van der Waals surface area (Å²) >= 11 is 0. The lowest BCUT2D eigenvalue weighted by atomic mass is 10.0. The Morgan fingerprint density at radius 2 is 0.750 bits per heavy atom. The molecule has 0 saturated carbocycles. The average molecular weight is 788 g/mol. The molecule has 0 fully saturated rings. The molecule has 0 aliphatic heterocycles. The minimum Gasteiger partial charge on any atom is -0.309 e. The van der Waals surface area contributed by atoms with E-state index in [0.717, 1.165) is 39.0 Å². The highest BCUT2D eigenvalue weighted by molar-refractivity contribution is 6.88. The standard InChI is InChI=1S/C54H41N5Si/c1-60(2,3)43-29-27-41(28-30-43)58-48-23-12-10-21-44(48)46-31-25-38(34-50(46)58)39-26-32-47-45-22-11-13-24-49(45)59(51(47)35-39)42-20-14-19-40(33-42)54-56-52(36-15-6-4-7-16-36)55-53(57-54)37-17-8-5-9-18-37/h4-35H,1-3H3. The Morgan fingerprint density at radius 3 is 1.27 bits per heavy atom. The van der Waals surface area contributed by atoms with E-state index in [4.69, 9.17) is 15.0 Å². The van der Waals surface area contributed by atoms with Crippen LogP contribution >= 0.6 is 0 Å². The van der Waals surface area contributed by atoms with Crippen molar-refractivity contribution in [1.29, 1.82) is 0 Å². The molecule has 0 saturated heterocycles. The van der Waals surface area contributed by atoms with E-state index in [0.29, 0.717) is 17.5 Å². The molecule has 0 aliphatic carbocycles. The molecule has 0 aliphatic rings. The van der Waals surface area contributed by atoms with Gasteiger partial charge in [0.1, 0.15) is 0 Å². The lowest BCUT2D eigenvalue weighted by Crippen LogP contribution is -2.37. The summed E-state index contributed by atoms with van der Waals surface area (Å²) in [4.78, 5) is 15.0. The van der Waals surface area contributed by atoms with Crippen molar-refractivity contribution in [3.05, 3.63) is 194 Å². The smallest absolute Gasteiger partial charge is 0.164 e. The zero-order chi connectivity index (χ0) is 40.4. The third-order valence-corrected chi connectivity index (χ3v) is 13.8. The molecule has 0 radical (unpaired) electrons. The van der Waals surface area contributed by atoms with Gasteiger partial charge in [0.25, 0.3) is 0 Å². The van der Waals surface area contributed by atoms with Gasteiger partial charge in [-0.2, -0.15) is 0 Å². The van der Waals surface area contributed by atoms with Crippen LogP contribution in [0.25, 0.3) is 100 Å². The van der Waals surface area contributed by atoms with Gasteiger partial charge in [0, 0.05) is 49.6 Å². The molecular formula is C54H41N5Si. The summed E-state index contributed by atoms with van der Waals surface area (Å²) in [6.45, 7) is 7.21. The van der Waals surface area contributed by atoms with E-state index < -0.39 is 8.07 Å². The third-order valence-electron chi connectivity index (χ3n) is 11.7. The summed E-state index contributed by atoms with van der Waals surface area (Å²) in [6, 6.07) is 69.4. The van der Waals surface area contributed by atoms with Crippen LogP contribution in [0.1, 0.15) is 0 Å². The van der Waals surface area contributed by atoms with Crippen molar-refractivity contribution < 1.29 is 0 Å². The van der Waals surface area contributed by atoms with Crippen LogP contribution in [-0.2, 0) is 0 Å². The molecule has 0 atom stereocenters. The lowest BCUT2D eigenvalue weighted by Gasteiger charge is -2.17. The van der Waals surface area contributed by atoms with E-state index in [1.807, 2.05) is 60.7 Å². The molecule has 5 nitrogen and oxygen atoms in total. The van der Waals surface area contributed by atoms with Crippen molar-refractivity contribution in [1.82, 2.24) is 24.1 Å². The van der Waals surface area contributed by atoms with Gasteiger partial charge in [-0.15, -0.1) is 0 Å². The van der Waals surface area contributed by atoms with Crippen molar-refractivity contribution in [3.63, 3.8) is 0 Å². The predicted molar refractivity (Wildman–Crippen MR) is 253 cm³/mol. The fraction of sp³-hybridized carbons (Fsp3) is 0.0556. The molecule has 0 spiro atoms. The molecular weight excluding hydrogens is 747 g/mol. The van der Waals surface area contributed by atoms with Crippen LogP contribution in [-0.4, -0.2) is 32.2 Å². The van der Waals surface area contributed by atoms with Gasteiger partial charge in [0.15, 0.2) is 17.5 Å². The summed E-state index contributed by atoms with van der Waals surface area (Å²) in [5.74, 6) is 1.92. The van der Waals surface area contributed by atoms with Crippen LogP contribution in [0.5, 0.6) is 0 Å². The topological polar surface area (TPSA) is 48.5 Å². The number of benzene rings is 8. The Bertz CT molecular complexity index is 3340. The molecule has 0 unspecified atom stereocenters. The number of nitrogens with zero attached hydrogens (tertiary/aromatic N) is 5. The minimum atomic E-state index is -1.44. The molecule has 3 heterocycles. The number of hydrogen-bond acceptors (Lipinski definition) is 3. The van der Waals surface area contributed by atoms with Gasteiger partial charge in [-0.3, -0.25) is 0 Å². The van der Waals surface area contributed by atoms with Crippen LogP contribution in [0.4, 0.5) is 0 Å². The van der Waals surface area contributed by atoms with Gasteiger partial charge in [-0.05, 0) is 59.7 Å². The lowest BCUT2D eigenvalue weighted by molar-refractivity contribution is 1.07. The van der Waals surface area contributed by atoms with Gasteiger partial charge >= 0.3 is 0 Å². The highest BCUT2D eigenvalue weighted by Gasteiger charge is 2.20. The first-order chi connectivity index (χ1) is 29.4. The molecule has 11 rings (SSSR count). The SMILES string of the molecule is C[Si](C)(C)c1ccc(-n2c3ccccc3c3ccc(-c4ccc5c6ccccc6n(-c6cccc(-c7nc(-c8ccccc8)nc(-c8ccccc8)n7)c6)c5c4)cc32)cc1. The van der Waals surface area contributed by atoms with Gasteiger partial charge in [-0.25, -0.2) is 15.0 Å². The van der Waals surface area contributed by atoms with E-state index in [2.05, 4.69) is 162 Å². The maximum Gasteiger partial charge on any atom is 0.164 e. The maximum atomic E-state index is 5.05. The van der Waals surface area contributed by atoms with E-state index in [1.165, 1.54) is 49.0 Å². The number of hydrogen-bond donors (Lipinski definition) is 0. The number of aromatic nitrogens is 5. The van der Waals surface area contributed by atoms with Crippen molar-refractivity contribution in [2.24, 2.45) is 0 Å². The monoisotopic (exact) mass is 787 g/mol.